The summed E-state index contributed by atoms with van der Waals surface area (Å²) in [6.45, 7) is 13.9. The van der Waals surface area contributed by atoms with Gasteiger partial charge in [0, 0.05) is 13.3 Å². The SMILES string of the molecule is C=CCC[C@@H](C/C=C(/C)CCOC(C)=O)C(=C)C. The molecule has 0 heterocycles. The molecule has 0 aromatic heterocycles. The van der Waals surface area contributed by atoms with Gasteiger partial charge in [-0.15, -0.1) is 6.58 Å². The van der Waals surface area contributed by atoms with Gasteiger partial charge in [-0.25, -0.2) is 0 Å². The molecule has 1 atom stereocenters. The molecule has 2 heteroatoms. The normalized spacial score (nSPS) is 12.9. The Kier molecular flexibility index (Phi) is 8.99. The number of carbonyl (C=O) groups excluding carboxylic acids is 1. The van der Waals surface area contributed by atoms with E-state index in [1.54, 1.807) is 0 Å². The van der Waals surface area contributed by atoms with Gasteiger partial charge < -0.3 is 4.74 Å². The Hall–Kier alpha value is -1.31. The van der Waals surface area contributed by atoms with Gasteiger partial charge in [-0.3, -0.25) is 4.79 Å². The van der Waals surface area contributed by atoms with Crippen molar-refractivity contribution in [3.63, 3.8) is 0 Å². The van der Waals surface area contributed by atoms with Gasteiger partial charge in [-0.05, 0) is 39.0 Å². The van der Waals surface area contributed by atoms with Crippen LogP contribution in [-0.2, 0) is 9.53 Å². The Morgan fingerprint density at radius 1 is 1.33 bits per heavy atom. The molecule has 0 aliphatic carbocycles. The van der Waals surface area contributed by atoms with Crippen LogP contribution in [0.5, 0.6) is 0 Å². The Morgan fingerprint density at radius 2 is 2.00 bits per heavy atom. The number of hydrogen-bond donors (Lipinski definition) is 0. The van der Waals surface area contributed by atoms with E-state index in [1.807, 2.05) is 6.08 Å². The summed E-state index contributed by atoms with van der Waals surface area (Å²) in [5.74, 6) is 0.306. The van der Waals surface area contributed by atoms with Gasteiger partial charge in [0.25, 0.3) is 0 Å². The highest BCUT2D eigenvalue weighted by molar-refractivity contribution is 5.65. The van der Waals surface area contributed by atoms with Crippen molar-refractivity contribution >= 4 is 5.97 Å². The topological polar surface area (TPSA) is 26.3 Å². The van der Waals surface area contributed by atoms with Crippen molar-refractivity contribution in [3.8, 4) is 0 Å². The predicted octanol–water partition coefficient (Wildman–Crippen LogP) is 4.43. The first-order valence-electron chi connectivity index (χ1n) is 6.52. The molecule has 0 aromatic carbocycles. The van der Waals surface area contributed by atoms with E-state index in [2.05, 4.69) is 33.1 Å². The van der Waals surface area contributed by atoms with E-state index in [4.69, 9.17) is 4.74 Å². The molecular formula is C16H26O2. The van der Waals surface area contributed by atoms with Crippen molar-refractivity contribution in [2.24, 2.45) is 5.92 Å². The molecule has 0 amide bonds. The van der Waals surface area contributed by atoms with Crippen molar-refractivity contribution in [1.82, 2.24) is 0 Å². The van der Waals surface area contributed by atoms with Gasteiger partial charge in [0.15, 0.2) is 0 Å². The van der Waals surface area contributed by atoms with Crippen LogP contribution in [0.25, 0.3) is 0 Å². The zero-order valence-corrected chi connectivity index (χ0v) is 12.0. The molecule has 0 N–H and O–H groups in total. The molecule has 0 bridgehead atoms. The average molecular weight is 250 g/mol. The minimum absolute atomic E-state index is 0.214. The van der Waals surface area contributed by atoms with Crippen molar-refractivity contribution < 1.29 is 9.53 Å². The Balaban J connectivity index is 4.09. The highest BCUT2D eigenvalue weighted by Gasteiger charge is 2.07. The molecule has 0 radical (unpaired) electrons. The third kappa shape index (κ3) is 8.80. The Morgan fingerprint density at radius 3 is 2.50 bits per heavy atom. The van der Waals surface area contributed by atoms with Gasteiger partial charge in [-0.2, -0.15) is 0 Å². The Labute approximate surface area is 111 Å². The summed E-state index contributed by atoms with van der Waals surface area (Å²) in [5.41, 5.74) is 2.49. The van der Waals surface area contributed by atoms with E-state index in [1.165, 1.54) is 18.1 Å². The van der Waals surface area contributed by atoms with E-state index in [0.717, 1.165) is 25.7 Å². The molecular weight excluding hydrogens is 224 g/mol. The van der Waals surface area contributed by atoms with Crippen molar-refractivity contribution in [1.29, 1.82) is 0 Å². The zero-order chi connectivity index (χ0) is 14.0. The van der Waals surface area contributed by atoms with Crippen LogP contribution in [0.15, 0.2) is 36.5 Å². The second kappa shape index (κ2) is 9.69. The zero-order valence-electron chi connectivity index (χ0n) is 12.0. The fraction of sp³-hybridized carbons (Fsp3) is 0.562. The molecule has 18 heavy (non-hydrogen) atoms. The second-order valence-electron chi connectivity index (χ2n) is 4.79. The van der Waals surface area contributed by atoms with E-state index in [9.17, 15) is 4.79 Å². The quantitative estimate of drug-likeness (QED) is 0.447. The van der Waals surface area contributed by atoms with Crippen molar-refractivity contribution in [2.75, 3.05) is 6.61 Å². The average Bonchev–Trinajstić information content (AvgIpc) is 2.28. The number of allylic oxidation sites excluding steroid dienone is 3. The molecule has 0 aliphatic heterocycles. The minimum Gasteiger partial charge on any atom is -0.466 e. The first kappa shape index (κ1) is 16.7. The van der Waals surface area contributed by atoms with Gasteiger partial charge in [0.05, 0.1) is 6.61 Å². The maximum atomic E-state index is 10.6. The summed E-state index contributed by atoms with van der Waals surface area (Å²) in [6.07, 6.45) is 8.13. The van der Waals surface area contributed by atoms with E-state index >= 15 is 0 Å². The van der Waals surface area contributed by atoms with Gasteiger partial charge in [0.2, 0.25) is 0 Å². The number of rotatable bonds is 9. The molecule has 0 unspecified atom stereocenters. The summed E-state index contributed by atoms with van der Waals surface area (Å²) < 4.78 is 4.92. The highest BCUT2D eigenvalue weighted by atomic mass is 16.5. The fourth-order valence-corrected chi connectivity index (χ4v) is 1.69. The highest BCUT2D eigenvalue weighted by Crippen LogP contribution is 2.21. The van der Waals surface area contributed by atoms with E-state index < -0.39 is 0 Å². The molecule has 0 aliphatic rings. The third-order valence-corrected chi connectivity index (χ3v) is 2.97. The van der Waals surface area contributed by atoms with Gasteiger partial charge in [0.1, 0.15) is 0 Å². The smallest absolute Gasteiger partial charge is 0.302 e. The first-order chi connectivity index (χ1) is 8.47. The van der Waals surface area contributed by atoms with Crippen molar-refractivity contribution in [3.05, 3.63) is 36.5 Å². The number of hydrogen-bond acceptors (Lipinski definition) is 2. The van der Waals surface area contributed by atoms with Crippen LogP contribution >= 0.6 is 0 Å². The molecule has 0 rings (SSSR count). The van der Waals surface area contributed by atoms with Gasteiger partial charge in [-0.1, -0.05) is 29.9 Å². The van der Waals surface area contributed by atoms with Crippen LogP contribution in [0, 0.1) is 5.92 Å². The second-order valence-corrected chi connectivity index (χ2v) is 4.79. The van der Waals surface area contributed by atoms with Crippen LogP contribution < -0.4 is 0 Å². The summed E-state index contributed by atoms with van der Waals surface area (Å²) in [7, 11) is 0. The summed E-state index contributed by atoms with van der Waals surface area (Å²) in [5, 5.41) is 0. The lowest BCUT2D eigenvalue weighted by Gasteiger charge is -2.14. The lowest BCUT2D eigenvalue weighted by Crippen LogP contribution is -2.02. The van der Waals surface area contributed by atoms with Crippen LogP contribution in [0.1, 0.15) is 46.5 Å². The monoisotopic (exact) mass is 250 g/mol. The Bertz CT molecular complexity index is 313. The maximum absolute atomic E-state index is 10.6. The first-order valence-corrected chi connectivity index (χ1v) is 6.52. The molecule has 0 spiro atoms. The largest absolute Gasteiger partial charge is 0.466 e. The fourth-order valence-electron chi connectivity index (χ4n) is 1.69. The molecule has 0 aromatic rings. The number of ether oxygens (including phenoxy) is 1. The third-order valence-electron chi connectivity index (χ3n) is 2.97. The van der Waals surface area contributed by atoms with Gasteiger partial charge >= 0.3 is 5.97 Å². The molecule has 0 saturated carbocycles. The van der Waals surface area contributed by atoms with Crippen LogP contribution in [0.4, 0.5) is 0 Å². The molecule has 2 nitrogen and oxygen atoms in total. The van der Waals surface area contributed by atoms with E-state index in [-0.39, 0.29) is 5.97 Å². The molecule has 0 fully saturated rings. The summed E-state index contributed by atoms with van der Waals surface area (Å²) in [6, 6.07) is 0. The number of esters is 1. The predicted molar refractivity (Wildman–Crippen MR) is 77.4 cm³/mol. The lowest BCUT2D eigenvalue weighted by molar-refractivity contribution is -0.140. The maximum Gasteiger partial charge on any atom is 0.302 e. The number of carbonyl (C=O) groups is 1. The molecule has 0 saturated heterocycles. The summed E-state index contributed by atoms with van der Waals surface area (Å²) in [4.78, 5) is 10.6. The lowest BCUT2D eigenvalue weighted by atomic mass is 9.92. The van der Waals surface area contributed by atoms with Crippen molar-refractivity contribution in [2.45, 2.75) is 46.5 Å². The van der Waals surface area contributed by atoms with Crippen LogP contribution in [-0.4, -0.2) is 12.6 Å². The standard InChI is InChI=1S/C16H26O2/c1-6-7-8-16(13(2)3)10-9-14(4)11-12-18-15(5)17/h6,9,16H,1-2,7-8,10-12H2,3-5H3/b14-9-/t16-/m0/s1. The molecule has 102 valence electrons. The van der Waals surface area contributed by atoms with Crippen LogP contribution in [0.3, 0.4) is 0 Å². The van der Waals surface area contributed by atoms with Crippen LogP contribution in [0.2, 0.25) is 0 Å². The van der Waals surface area contributed by atoms with E-state index in [0.29, 0.717) is 12.5 Å². The summed E-state index contributed by atoms with van der Waals surface area (Å²) >= 11 is 0. The minimum atomic E-state index is -0.214.